The molecule has 1 fully saturated rings. The fourth-order valence-electron chi connectivity index (χ4n) is 3.57. The molecule has 2 aromatic rings. The van der Waals surface area contributed by atoms with Crippen LogP contribution in [0, 0.1) is 12.8 Å². The van der Waals surface area contributed by atoms with Crippen molar-refractivity contribution >= 4 is 32.6 Å². The van der Waals surface area contributed by atoms with E-state index < -0.39 is 31.7 Å². The molecule has 7 nitrogen and oxygen atoms in total. The van der Waals surface area contributed by atoms with E-state index in [1.807, 2.05) is 13.0 Å². The van der Waals surface area contributed by atoms with Crippen molar-refractivity contribution in [3.8, 4) is 0 Å². The van der Waals surface area contributed by atoms with Crippen LogP contribution in [0.2, 0.25) is 0 Å². The van der Waals surface area contributed by atoms with Crippen LogP contribution < -0.4 is 5.32 Å². The Morgan fingerprint density at radius 2 is 2.00 bits per heavy atom. The molecule has 0 bridgehead atoms. The normalized spacial score (nSPS) is 23.2. The van der Waals surface area contributed by atoms with E-state index in [4.69, 9.17) is 0 Å². The SMILES string of the molecule is Cc1ccnc2ccc(C(=O)NCC3CC(C(=O)O)S(=O)(=O)C3(C)C)cc12. The highest BCUT2D eigenvalue weighted by molar-refractivity contribution is 7.94. The highest BCUT2D eigenvalue weighted by atomic mass is 32.2. The van der Waals surface area contributed by atoms with Gasteiger partial charge in [0.25, 0.3) is 5.91 Å². The number of aryl methyl sites for hydroxylation is 1. The molecule has 144 valence electrons. The Morgan fingerprint density at radius 1 is 1.30 bits per heavy atom. The third-order valence-corrected chi connectivity index (χ3v) is 8.54. The van der Waals surface area contributed by atoms with Gasteiger partial charge in [0, 0.05) is 23.7 Å². The molecule has 0 saturated carbocycles. The second kappa shape index (κ2) is 6.60. The number of carbonyl (C=O) groups is 2. The summed E-state index contributed by atoms with van der Waals surface area (Å²) in [6, 6.07) is 7.05. The molecule has 1 amide bonds. The number of hydrogen-bond acceptors (Lipinski definition) is 5. The third-order valence-electron chi connectivity index (χ3n) is 5.60. The van der Waals surface area contributed by atoms with Gasteiger partial charge in [-0.25, -0.2) is 8.42 Å². The summed E-state index contributed by atoms with van der Waals surface area (Å²) in [5, 5.41) is 11.4. The van der Waals surface area contributed by atoms with E-state index in [0.29, 0.717) is 5.56 Å². The number of sulfone groups is 1. The number of fused-ring (bicyclic) bond motifs is 1. The fourth-order valence-corrected chi connectivity index (χ4v) is 5.70. The number of carboxylic acids is 1. The van der Waals surface area contributed by atoms with Crippen LogP contribution in [0.15, 0.2) is 30.5 Å². The first-order chi connectivity index (χ1) is 12.6. The first-order valence-corrected chi connectivity index (χ1v) is 10.2. The minimum Gasteiger partial charge on any atom is -0.480 e. The zero-order chi connectivity index (χ0) is 20.0. The van der Waals surface area contributed by atoms with Gasteiger partial charge in [0.1, 0.15) is 0 Å². The smallest absolute Gasteiger partial charge is 0.321 e. The van der Waals surface area contributed by atoms with Gasteiger partial charge in [-0.2, -0.15) is 0 Å². The second-order valence-electron chi connectivity index (χ2n) is 7.48. The van der Waals surface area contributed by atoms with Gasteiger partial charge >= 0.3 is 5.97 Å². The van der Waals surface area contributed by atoms with Gasteiger partial charge in [-0.05, 0) is 62.9 Å². The van der Waals surface area contributed by atoms with Crippen LogP contribution in [0.1, 0.15) is 36.2 Å². The van der Waals surface area contributed by atoms with Gasteiger partial charge in [0.2, 0.25) is 0 Å². The van der Waals surface area contributed by atoms with E-state index in [0.717, 1.165) is 16.5 Å². The van der Waals surface area contributed by atoms with Gasteiger partial charge in [-0.15, -0.1) is 0 Å². The lowest BCUT2D eigenvalue weighted by Gasteiger charge is -2.25. The first kappa shape index (κ1) is 19.3. The van der Waals surface area contributed by atoms with Crippen molar-refractivity contribution in [2.24, 2.45) is 5.92 Å². The highest BCUT2D eigenvalue weighted by Gasteiger charge is 2.56. The summed E-state index contributed by atoms with van der Waals surface area (Å²) in [6.45, 7) is 5.07. The number of carboxylic acid groups (broad SMARTS) is 1. The summed E-state index contributed by atoms with van der Waals surface area (Å²) in [5.74, 6) is -2.14. The lowest BCUT2D eigenvalue weighted by atomic mass is 9.90. The van der Waals surface area contributed by atoms with Crippen molar-refractivity contribution < 1.29 is 23.1 Å². The Hall–Kier alpha value is -2.48. The molecule has 2 atom stereocenters. The van der Waals surface area contributed by atoms with E-state index in [9.17, 15) is 23.1 Å². The van der Waals surface area contributed by atoms with Crippen LogP contribution in [0.4, 0.5) is 0 Å². The van der Waals surface area contributed by atoms with Crippen LogP contribution in [0.5, 0.6) is 0 Å². The highest BCUT2D eigenvalue weighted by Crippen LogP contribution is 2.41. The number of nitrogens with zero attached hydrogens (tertiary/aromatic N) is 1. The number of rotatable bonds is 4. The largest absolute Gasteiger partial charge is 0.480 e. The first-order valence-electron chi connectivity index (χ1n) is 8.65. The molecule has 27 heavy (non-hydrogen) atoms. The second-order valence-corrected chi connectivity index (χ2v) is 10.2. The van der Waals surface area contributed by atoms with Crippen LogP contribution >= 0.6 is 0 Å². The van der Waals surface area contributed by atoms with Gasteiger partial charge < -0.3 is 10.4 Å². The number of amides is 1. The average molecular weight is 390 g/mol. The Balaban J connectivity index is 1.78. The van der Waals surface area contributed by atoms with Gasteiger partial charge in [-0.3, -0.25) is 14.6 Å². The zero-order valence-electron chi connectivity index (χ0n) is 15.4. The number of nitrogens with one attached hydrogen (secondary N) is 1. The van der Waals surface area contributed by atoms with Crippen molar-refractivity contribution in [1.29, 1.82) is 0 Å². The number of aromatic nitrogens is 1. The molecule has 0 radical (unpaired) electrons. The Labute approximate surface area is 157 Å². The van der Waals surface area contributed by atoms with E-state index in [2.05, 4.69) is 10.3 Å². The van der Waals surface area contributed by atoms with Crippen LogP contribution in [-0.2, 0) is 14.6 Å². The van der Waals surface area contributed by atoms with E-state index >= 15 is 0 Å². The molecule has 2 heterocycles. The minimum absolute atomic E-state index is 0.00824. The van der Waals surface area contributed by atoms with Gasteiger partial charge in [-0.1, -0.05) is 0 Å². The fraction of sp³-hybridized carbons (Fsp3) is 0.421. The van der Waals surface area contributed by atoms with Crippen molar-refractivity contribution in [3.63, 3.8) is 0 Å². The monoisotopic (exact) mass is 390 g/mol. The Bertz CT molecular complexity index is 1030. The molecule has 8 heteroatoms. The van der Waals surface area contributed by atoms with E-state index in [1.165, 1.54) is 13.8 Å². The van der Waals surface area contributed by atoms with Crippen LogP contribution in [0.3, 0.4) is 0 Å². The lowest BCUT2D eigenvalue weighted by Crippen LogP contribution is -2.41. The zero-order valence-corrected chi connectivity index (χ0v) is 16.2. The summed E-state index contributed by atoms with van der Waals surface area (Å²) in [5.41, 5.74) is 2.24. The molecule has 1 aliphatic rings. The van der Waals surface area contributed by atoms with E-state index in [1.54, 1.807) is 24.4 Å². The van der Waals surface area contributed by atoms with Gasteiger partial charge in [0.15, 0.2) is 15.1 Å². The molecule has 1 aromatic heterocycles. The Kier molecular flexibility index (Phi) is 4.71. The number of carbonyl (C=O) groups excluding carboxylic acids is 1. The summed E-state index contributed by atoms with van der Waals surface area (Å²) in [4.78, 5) is 28.1. The van der Waals surface area contributed by atoms with Gasteiger partial charge in [0.05, 0.1) is 10.3 Å². The predicted molar refractivity (Wildman–Crippen MR) is 101 cm³/mol. The molecular weight excluding hydrogens is 368 g/mol. The third kappa shape index (κ3) is 3.18. The molecule has 0 spiro atoms. The van der Waals surface area contributed by atoms with Crippen molar-refractivity contribution in [3.05, 3.63) is 41.6 Å². The molecule has 1 aromatic carbocycles. The molecule has 1 saturated heterocycles. The van der Waals surface area contributed by atoms with Crippen LogP contribution in [0.25, 0.3) is 10.9 Å². The van der Waals surface area contributed by atoms with Crippen molar-refractivity contribution in [1.82, 2.24) is 10.3 Å². The molecule has 1 aliphatic heterocycles. The molecule has 2 unspecified atom stereocenters. The maximum Gasteiger partial charge on any atom is 0.321 e. The number of benzene rings is 1. The number of aliphatic carboxylic acids is 1. The topological polar surface area (TPSA) is 113 Å². The summed E-state index contributed by atoms with van der Waals surface area (Å²) >= 11 is 0. The average Bonchev–Trinajstić information content (AvgIpc) is 2.78. The lowest BCUT2D eigenvalue weighted by molar-refractivity contribution is -0.136. The maximum absolute atomic E-state index is 12.5. The summed E-state index contributed by atoms with van der Waals surface area (Å²) in [6.07, 6.45) is 1.70. The summed E-state index contributed by atoms with van der Waals surface area (Å²) in [7, 11) is -3.82. The van der Waals surface area contributed by atoms with E-state index in [-0.39, 0.29) is 18.9 Å². The quantitative estimate of drug-likeness (QED) is 0.825. The van der Waals surface area contributed by atoms with Crippen molar-refractivity contribution in [2.75, 3.05) is 6.54 Å². The Morgan fingerprint density at radius 3 is 2.63 bits per heavy atom. The number of hydrogen-bond donors (Lipinski definition) is 2. The number of pyridine rings is 1. The standard InChI is InChI=1S/C19H22N2O5S/c1-11-6-7-20-15-5-4-12(8-14(11)15)17(22)21-10-13-9-16(18(23)24)27(25,26)19(13,2)3/h4-8,13,16H,9-10H2,1-3H3,(H,21,22)(H,23,24). The van der Waals surface area contributed by atoms with Crippen molar-refractivity contribution in [2.45, 2.75) is 37.2 Å². The predicted octanol–water partition coefficient (Wildman–Crippen LogP) is 1.94. The van der Waals surface area contributed by atoms with Crippen LogP contribution in [-0.4, -0.2) is 46.9 Å². The minimum atomic E-state index is -3.82. The molecular formula is C19H22N2O5S. The molecule has 0 aliphatic carbocycles. The maximum atomic E-state index is 12.5. The molecule has 3 rings (SSSR count). The summed E-state index contributed by atoms with van der Waals surface area (Å²) < 4.78 is 23.7. The molecule has 2 N–H and O–H groups in total.